The molecule has 0 unspecified atom stereocenters. The largest absolute Gasteiger partial charge is 0.463 e. The van der Waals surface area contributed by atoms with E-state index in [2.05, 4.69) is 32.0 Å². The Morgan fingerprint density at radius 2 is 0.902 bits per heavy atom. The molecule has 0 aromatic rings. The van der Waals surface area contributed by atoms with E-state index in [0.717, 1.165) is 77.0 Å². The molecule has 8 heteroatoms. The molecule has 0 aliphatic carbocycles. The van der Waals surface area contributed by atoms with Gasteiger partial charge in [0.15, 0.2) is 0 Å². The van der Waals surface area contributed by atoms with Crippen LogP contribution in [0.25, 0.3) is 0 Å². The second-order valence-corrected chi connectivity index (χ2v) is 11.0. The third-order valence-corrected chi connectivity index (χ3v) is 6.88. The van der Waals surface area contributed by atoms with Crippen molar-refractivity contribution >= 4 is 23.8 Å². The van der Waals surface area contributed by atoms with Crippen LogP contribution in [0.4, 0.5) is 0 Å². The van der Waals surface area contributed by atoms with Gasteiger partial charge < -0.3 is 19.5 Å². The highest BCUT2D eigenvalue weighted by molar-refractivity contribution is 5.77. The second kappa shape index (κ2) is 26.3. The molecule has 0 fully saturated rings. The van der Waals surface area contributed by atoms with Crippen LogP contribution in [0.1, 0.15) is 149 Å². The summed E-state index contributed by atoms with van der Waals surface area (Å²) in [7, 11) is 0. The monoisotopic (exact) mass is 579 g/mol. The number of esters is 3. The van der Waals surface area contributed by atoms with Gasteiger partial charge in [-0.25, -0.2) is 0 Å². The fourth-order valence-electron chi connectivity index (χ4n) is 4.27. The molecule has 0 bridgehead atoms. The van der Waals surface area contributed by atoms with Crippen molar-refractivity contribution in [3.05, 3.63) is 0 Å². The Hall–Kier alpha value is -2.56. The molecule has 0 spiro atoms. The number of unbranched alkanes of at least 4 members (excludes halogenated alkanes) is 12. The fraction of sp³-hybridized carbons (Fsp3) is 0.818. The van der Waals surface area contributed by atoms with Crippen LogP contribution in [0.3, 0.4) is 0 Å². The minimum atomic E-state index is -1.40. The molecule has 41 heavy (non-hydrogen) atoms. The first-order chi connectivity index (χ1) is 19.8. The third kappa shape index (κ3) is 22.8. The number of carbonyl (C=O) groups excluding carboxylic acids is 4. The molecule has 0 aromatic heterocycles. The third-order valence-electron chi connectivity index (χ3n) is 6.88. The van der Waals surface area contributed by atoms with E-state index in [1.54, 1.807) is 0 Å². The number of terminal acetylenes is 1. The van der Waals surface area contributed by atoms with Crippen molar-refractivity contribution in [3.8, 4) is 12.3 Å². The molecule has 0 heterocycles. The number of amides is 1. The Morgan fingerprint density at radius 3 is 1.22 bits per heavy atom. The highest BCUT2D eigenvalue weighted by Gasteiger charge is 2.37. The minimum absolute atomic E-state index is 0.0420. The standard InChI is InChI=1S/C33H57NO7/c1-5-9-13-16-19-23-30(36)39-26-33(34-29(35)22-12-8-4,27-40-31(37)24-20-17-14-10-6-2)28-41-32(38)25-21-18-15-11-7-3/h4H,5-7,9-28H2,1-3H3,(H,34,35). The zero-order chi connectivity index (χ0) is 30.6. The van der Waals surface area contributed by atoms with Crippen molar-refractivity contribution in [2.24, 2.45) is 0 Å². The quantitative estimate of drug-likeness (QED) is 0.0485. The number of carbonyl (C=O) groups is 4. The van der Waals surface area contributed by atoms with Gasteiger partial charge in [-0.2, -0.15) is 0 Å². The van der Waals surface area contributed by atoms with Crippen molar-refractivity contribution in [1.82, 2.24) is 5.32 Å². The number of nitrogens with one attached hydrogen (secondary N) is 1. The van der Waals surface area contributed by atoms with E-state index in [0.29, 0.717) is 19.3 Å². The zero-order valence-corrected chi connectivity index (χ0v) is 26.2. The van der Waals surface area contributed by atoms with Crippen LogP contribution in [0.15, 0.2) is 0 Å². The van der Waals surface area contributed by atoms with Gasteiger partial charge in [-0.05, 0) is 19.3 Å². The Kier molecular flexibility index (Phi) is 24.7. The smallest absolute Gasteiger partial charge is 0.305 e. The van der Waals surface area contributed by atoms with Gasteiger partial charge in [0.05, 0.1) is 0 Å². The van der Waals surface area contributed by atoms with Crippen molar-refractivity contribution < 1.29 is 33.4 Å². The molecule has 0 saturated carbocycles. The maximum absolute atomic E-state index is 12.7. The van der Waals surface area contributed by atoms with Crippen molar-refractivity contribution in [2.75, 3.05) is 19.8 Å². The Labute approximate surface area is 249 Å². The zero-order valence-electron chi connectivity index (χ0n) is 26.2. The van der Waals surface area contributed by atoms with Gasteiger partial charge in [-0.15, -0.1) is 12.3 Å². The highest BCUT2D eigenvalue weighted by Crippen LogP contribution is 2.15. The van der Waals surface area contributed by atoms with Gasteiger partial charge in [0.1, 0.15) is 25.4 Å². The molecule has 1 amide bonds. The number of hydrogen-bond acceptors (Lipinski definition) is 7. The van der Waals surface area contributed by atoms with E-state index in [-0.39, 0.29) is 51.9 Å². The minimum Gasteiger partial charge on any atom is -0.463 e. The van der Waals surface area contributed by atoms with Crippen LogP contribution in [0.5, 0.6) is 0 Å². The summed E-state index contributed by atoms with van der Waals surface area (Å²) in [4.78, 5) is 50.3. The molecule has 0 aliphatic heterocycles. The van der Waals surface area contributed by atoms with Crippen LogP contribution in [0.2, 0.25) is 0 Å². The normalized spacial score (nSPS) is 11.0. The predicted octanol–water partition coefficient (Wildman–Crippen LogP) is 6.97. The molecule has 0 rings (SSSR count). The molecular weight excluding hydrogens is 522 g/mol. The molecule has 8 nitrogen and oxygen atoms in total. The summed E-state index contributed by atoms with van der Waals surface area (Å²) in [5, 5.41) is 2.82. The molecule has 0 atom stereocenters. The summed E-state index contributed by atoms with van der Waals surface area (Å²) < 4.78 is 16.7. The molecule has 0 aliphatic rings. The van der Waals surface area contributed by atoms with E-state index >= 15 is 0 Å². The number of hydrogen-bond donors (Lipinski definition) is 1. The van der Waals surface area contributed by atoms with Gasteiger partial charge in [0, 0.05) is 32.1 Å². The van der Waals surface area contributed by atoms with Crippen LogP contribution < -0.4 is 5.32 Å². The summed E-state index contributed by atoms with van der Waals surface area (Å²) in [6.45, 7) is 5.54. The van der Waals surface area contributed by atoms with Crippen LogP contribution in [0, 0.1) is 12.3 Å². The van der Waals surface area contributed by atoms with Crippen molar-refractivity contribution in [3.63, 3.8) is 0 Å². The summed E-state index contributed by atoms with van der Waals surface area (Å²) in [6, 6.07) is 0. The van der Waals surface area contributed by atoms with Gasteiger partial charge >= 0.3 is 17.9 Å². The van der Waals surface area contributed by atoms with Gasteiger partial charge in [0.25, 0.3) is 0 Å². The van der Waals surface area contributed by atoms with Crippen LogP contribution >= 0.6 is 0 Å². The lowest BCUT2D eigenvalue weighted by atomic mass is 10.0. The molecular formula is C33H57NO7. The predicted molar refractivity (Wildman–Crippen MR) is 162 cm³/mol. The van der Waals surface area contributed by atoms with E-state index in [4.69, 9.17) is 20.6 Å². The maximum Gasteiger partial charge on any atom is 0.305 e. The van der Waals surface area contributed by atoms with E-state index < -0.39 is 29.4 Å². The molecule has 0 radical (unpaired) electrons. The van der Waals surface area contributed by atoms with E-state index in [1.165, 1.54) is 0 Å². The van der Waals surface area contributed by atoms with Crippen molar-refractivity contribution in [1.29, 1.82) is 0 Å². The topological polar surface area (TPSA) is 108 Å². The van der Waals surface area contributed by atoms with Crippen LogP contribution in [-0.4, -0.2) is 49.2 Å². The Bertz CT molecular complexity index is 685. The second-order valence-electron chi connectivity index (χ2n) is 11.0. The fourth-order valence-corrected chi connectivity index (χ4v) is 4.27. The molecule has 1 N–H and O–H groups in total. The first-order valence-electron chi connectivity index (χ1n) is 16.0. The highest BCUT2D eigenvalue weighted by atomic mass is 16.6. The van der Waals surface area contributed by atoms with Gasteiger partial charge in [-0.3, -0.25) is 19.2 Å². The van der Waals surface area contributed by atoms with Gasteiger partial charge in [-0.1, -0.05) is 97.8 Å². The SMILES string of the molecule is C#CCCC(=O)NC(COC(=O)CCCCCCC)(COC(=O)CCCCCCC)COC(=O)CCCCCCC. The molecule has 0 aromatic carbocycles. The summed E-state index contributed by atoms with van der Waals surface area (Å²) >= 11 is 0. The average Bonchev–Trinajstić information content (AvgIpc) is 2.96. The lowest BCUT2D eigenvalue weighted by Gasteiger charge is -2.33. The first-order valence-corrected chi connectivity index (χ1v) is 16.0. The first kappa shape index (κ1) is 38.4. The Morgan fingerprint density at radius 1 is 0.561 bits per heavy atom. The molecule has 236 valence electrons. The van der Waals surface area contributed by atoms with Crippen LogP contribution in [-0.2, 0) is 33.4 Å². The van der Waals surface area contributed by atoms with E-state index in [9.17, 15) is 19.2 Å². The van der Waals surface area contributed by atoms with E-state index in [1.807, 2.05) is 0 Å². The Balaban J connectivity index is 5.40. The molecule has 0 saturated heterocycles. The van der Waals surface area contributed by atoms with Gasteiger partial charge in [0.2, 0.25) is 5.91 Å². The lowest BCUT2D eigenvalue weighted by molar-refractivity contribution is -0.159. The summed E-state index contributed by atoms with van der Waals surface area (Å²) in [6.07, 6.45) is 21.1. The average molecular weight is 580 g/mol. The lowest BCUT2D eigenvalue weighted by Crippen LogP contribution is -2.59. The number of ether oxygens (including phenoxy) is 3. The summed E-state index contributed by atoms with van der Waals surface area (Å²) in [5.74, 6) is 0.806. The summed E-state index contributed by atoms with van der Waals surface area (Å²) in [5.41, 5.74) is -1.40. The maximum atomic E-state index is 12.7. The number of rotatable bonds is 27. The van der Waals surface area contributed by atoms with Crippen molar-refractivity contribution in [2.45, 2.75) is 155 Å².